The molecule has 3 heterocycles. The van der Waals surface area contributed by atoms with Crippen molar-refractivity contribution in [3.63, 3.8) is 0 Å². The molecule has 1 aromatic rings. The number of nitrogens with two attached hydrogens (primary N) is 1. The topological polar surface area (TPSA) is 84.6 Å². The van der Waals surface area contributed by atoms with Gasteiger partial charge in [0.2, 0.25) is 5.95 Å². The van der Waals surface area contributed by atoms with E-state index in [0.29, 0.717) is 24.9 Å². The van der Waals surface area contributed by atoms with Crippen molar-refractivity contribution >= 4 is 11.9 Å². The molecular formula is C18H29N5O2. The lowest BCUT2D eigenvalue weighted by Crippen LogP contribution is -2.62. The Balaban J connectivity index is 1.72. The van der Waals surface area contributed by atoms with Crippen LogP contribution in [0.4, 0.5) is 5.95 Å². The highest BCUT2D eigenvalue weighted by Gasteiger charge is 2.37. The molecule has 0 bridgehead atoms. The lowest BCUT2D eigenvalue weighted by Gasteiger charge is -2.48. The van der Waals surface area contributed by atoms with E-state index >= 15 is 0 Å². The van der Waals surface area contributed by atoms with E-state index in [-0.39, 0.29) is 23.8 Å². The lowest BCUT2D eigenvalue weighted by atomic mass is 10.0. The molecule has 2 aliphatic heterocycles. The Kier molecular flexibility index (Phi) is 5.54. The number of hydrogen-bond donors (Lipinski definition) is 1. The molecule has 1 aromatic heterocycles. The Hall–Kier alpha value is -1.73. The van der Waals surface area contributed by atoms with E-state index in [2.05, 4.69) is 21.8 Å². The van der Waals surface area contributed by atoms with Gasteiger partial charge in [0.15, 0.2) is 0 Å². The van der Waals surface area contributed by atoms with Gasteiger partial charge >= 0.3 is 0 Å². The first-order valence-corrected chi connectivity index (χ1v) is 9.26. The second kappa shape index (κ2) is 7.66. The number of aromatic nitrogens is 2. The zero-order valence-corrected chi connectivity index (χ0v) is 15.4. The van der Waals surface area contributed by atoms with Crippen LogP contribution in [0.3, 0.4) is 0 Å². The first kappa shape index (κ1) is 18.1. The molecule has 1 amide bonds. The van der Waals surface area contributed by atoms with Gasteiger partial charge in [0.05, 0.1) is 19.3 Å². The normalized spacial score (nSPS) is 24.4. The third-order valence-corrected chi connectivity index (χ3v) is 5.10. The predicted octanol–water partition coefficient (Wildman–Crippen LogP) is 1.51. The maximum Gasteiger partial charge on any atom is 0.272 e. The second-order valence-electron chi connectivity index (χ2n) is 7.31. The number of hydrogen-bond acceptors (Lipinski definition) is 6. The largest absolute Gasteiger partial charge is 0.378 e. The maximum absolute atomic E-state index is 12.9. The fourth-order valence-corrected chi connectivity index (χ4v) is 3.75. The van der Waals surface area contributed by atoms with Gasteiger partial charge in [0, 0.05) is 31.4 Å². The number of ether oxygens (including phenoxy) is 1. The summed E-state index contributed by atoms with van der Waals surface area (Å²) in [5, 5.41) is 0. The van der Waals surface area contributed by atoms with Crippen molar-refractivity contribution in [1.29, 1.82) is 0 Å². The van der Waals surface area contributed by atoms with Crippen molar-refractivity contribution < 1.29 is 9.53 Å². The number of anilines is 1. The van der Waals surface area contributed by atoms with Crippen molar-refractivity contribution in [2.24, 2.45) is 0 Å². The van der Waals surface area contributed by atoms with Crippen LogP contribution < -0.4 is 5.73 Å². The summed E-state index contributed by atoms with van der Waals surface area (Å²) < 4.78 is 5.78. The van der Waals surface area contributed by atoms with Crippen molar-refractivity contribution in [2.45, 2.75) is 51.6 Å². The van der Waals surface area contributed by atoms with Crippen LogP contribution in [0.2, 0.25) is 0 Å². The average Bonchev–Trinajstić information content (AvgIpc) is 2.60. The highest BCUT2D eigenvalue weighted by molar-refractivity contribution is 5.92. The average molecular weight is 347 g/mol. The summed E-state index contributed by atoms with van der Waals surface area (Å²) in [5.41, 5.74) is 7.00. The van der Waals surface area contributed by atoms with Gasteiger partial charge in [-0.1, -0.05) is 27.2 Å². The smallest absolute Gasteiger partial charge is 0.272 e. The van der Waals surface area contributed by atoms with Gasteiger partial charge in [-0.25, -0.2) is 9.97 Å². The van der Waals surface area contributed by atoms with Crippen molar-refractivity contribution in [3.8, 4) is 0 Å². The van der Waals surface area contributed by atoms with Crippen LogP contribution in [-0.4, -0.2) is 70.6 Å². The molecule has 0 unspecified atom stereocenters. The fraction of sp³-hybridized carbons (Fsp3) is 0.722. The molecule has 2 atom stereocenters. The van der Waals surface area contributed by atoms with E-state index in [1.807, 2.05) is 18.7 Å². The highest BCUT2D eigenvalue weighted by atomic mass is 16.5. The van der Waals surface area contributed by atoms with E-state index in [1.165, 1.54) is 0 Å². The number of nitrogen functional groups attached to an aromatic ring is 1. The van der Waals surface area contributed by atoms with Gasteiger partial charge in [-0.2, -0.15) is 0 Å². The predicted molar refractivity (Wildman–Crippen MR) is 96.4 cm³/mol. The van der Waals surface area contributed by atoms with Crippen LogP contribution in [0.5, 0.6) is 0 Å². The maximum atomic E-state index is 12.9. The monoisotopic (exact) mass is 347 g/mol. The minimum absolute atomic E-state index is 0.0618. The highest BCUT2D eigenvalue weighted by Crippen LogP contribution is 2.23. The number of piperazine rings is 1. The molecule has 0 radical (unpaired) electrons. The Labute approximate surface area is 149 Å². The number of carbonyl (C=O) groups excluding carboxylic acids is 1. The Morgan fingerprint density at radius 3 is 2.88 bits per heavy atom. The second-order valence-corrected chi connectivity index (χ2v) is 7.31. The minimum atomic E-state index is -0.0618. The molecule has 7 nitrogen and oxygen atoms in total. The molecule has 2 saturated heterocycles. The lowest BCUT2D eigenvalue weighted by molar-refractivity contribution is -0.0776. The van der Waals surface area contributed by atoms with E-state index in [9.17, 15) is 4.79 Å². The van der Waals surface area contributed by atoms with Crippen LogP contribution in [0.1, 0.15) is 55.7 Å². The number of nitrogens with zero attached hydrogens (tertiary/aromatic N) is 4. The van der Waals surface area contributed by atoms with E-state index in [4.69, 9.17) is 10.5 Å². The Bertz CT molecular complexity index is 619. The zero-order chi connectivity index (χ0) is 18.0. The Morgan fingerprint density at radius 2 is 2.16 bits per heavy atom. The number of morpholine rings is 1. The van der Waals surface area contributed by atoms with Gasteiger partial charge in [-0.05, 0) is 18.4 Å². The molecule has 0 spiro atoms. The van der Waals surface area contributed by atoms with Crippen molar-refractivity contribution in [1.82, 2.24) is 19.8 Å². The van der Waals surface area contributed by atoms with E-state index in [1.54, 1.807) is 6.07 Å². The van der Waals surface area contributed by atoms with Crippen LogP contribution in [0.25, 0.3) is 0 Å². The van der Waals surface area contributed by atoms with Gasteiger partial charge in [0.1, 0.15) is 5.69 Å². The molecule has 2 fully saturated rings. The summed E-state index contributed by atoms with van der Waals surface area (Å²) in [4.78, 5) is 25.7. The third-order valence-electron chi connectivity index (χ3n) is 5.10. The van der Waals surface area contributed by atoms with Crippen LogP contribution in [0.15, 0.2) is 6.07 Å². The van der Waals surface area contributed by atoms with Gasteiger partial charge in [-0.3, -0.25) is 9.69 Å². The molecule has 7 heteroatoms. The van der Waals surface area contributed by atoms with E-state index in [0.717, 1.165) is 38.2 Å². The fourth-order valence-electron chi connectivity index (χ4n) is 3.75. The standard InChI is InChI=1S/C18H29N5O2/c1-4-5-13-10-25-11-14-9-22(6-7-23(13)14)17(24)16-8-15(12(2)3)20-18(19)21-16/h8,12-14H,4-7,9-11H2,1-3H3,(H2,19,20,21)/t13-,14+/m0/s1. The van der Waals surface area contributed by atoms with Crippen LogP contribution >= 0.6 is 0 Å². The molecule has 25 heavy (non-hydrogen) atoms. The summed E-state index contributed by atoms with van der Waals surface area (Å²) in [7, 11) is 0. The number of rotatable bonds is 4. The number of amides is 1. The van der Waals surface area contributed by atoms with Gasteiger partial charge in [0.25, 0.3) is 5.91 Å². The summed E-state index contributed by atoms with van der Waals surface area (Å²) in [6.07, 6.45) is 2.29. The minimum Gasteiger partial charge on any atom is -0.378 e. The molecular weight excluding hydrogens is 318 g/mol. The molecule has 2 aliphatic rings. The summed E-state index contributed by atoms with van der Waals surface area (Å²) in [5.74, 6) is 0.306. The van der Waals surface area contributed by atoms with Crippen molar-refractivity contribution in [2.75, 3.05) is 38.6 Å². The number of fused-ring (bicyclic) bond motifs is 1. The first-order chi connectivity index (χ1) is 12.0. The quantitative estimate of drug-likeness (QED) is 0.889. The van der Waals surface area contributed by atoms with Crippen LogP contribution in [-0.2, 0) is 4.74 Å². The summed E-state index contributed by atoms with van der Waals surface area (Å²) >= 11 is 0. The summed E-state index contributed by atoms with van der Waals surface area (Å²) in [6, 6.07) is 2.52. The van der Waals surface area contributed by atoms with E-state index < -0.39 is 0 Å². The van der Waals surface area contributed by atoms with Crippen LogP contribution in [0, 0.1) is 0 Å². The SMILES string of the molecule is CCC[C@H]1COC[C@H]2CN(C(=O)c3cc(C(C)C)nc(N)n3)CCN12. The first-order valence-electron chi connectivity index (χ1n) is 9.26. The molecule has 3 rings (SSSR count). The molecule has 0 aliphatic carbocycles. The third kappa shape index (κ3) is 3.93. The molecule has 0 aromatic carbocycles. The summed E-state index contributed by atoms with van der Waals surface area (Å²) in [6.45, 7) is 10.0. The number of carbonyl (C=O) groups is 1. The molecule has 2 N–H and O–H groups in total. The van der Waals surface area contributed by atoms with Gasteiger partial charge < -0.3 is 15.4 Å². The van der Waals surface area contributed by atoms with Gasteiger partial charge in [-0.15, -0.1) is 0 Å². The Morgan fingerprint density at radius 1 is 1.36 bits per heavy atom. The molecule has 0 saturated carbocycles. The zero-order valence-electron chi connectivity index (χ0n) is 15.4. The molecule has 138 valence electrons. The van der Waals surface area contributed by atoms with Crippen molar-refractivity contribution in [3.05, 3.63) is 17.5 Å².